The predicted molar refractivity (Wildman–Crippen MR) is 76.9 cm³/mol. The fourth-order valence-corrected chi connectivity index (χ4v) is 1.83. The number of ether oxygens (including phenoxy) is 2. The van der Waals surface area contributed by atoms with Crippen LogP contribution in [-0.2, 0) is 0 Å². The number of hydrogen-bond donors (Lipinski definition) is 0. The first kappa shape index (κ1) is 14.8. The van der Waals surface area contributed by atoms with Crippen LogP contribution in [0.15, 0.2) is 18.2 Å². The fourth-order valence-electron chi connectivity index (χ4n) is 1.41. The molecular formula is C13H13Cl2N3O2. The summed E-state index contributed by atoms with van der Waals surface area (Å²) in [4.78, 5) is 11.8. The van der Waals surface area contributed by atoms with Crippen LogP contribution in [-0.4, -0.2) is 21.1 Å². The standard InChI is InChI=1S/C13H13Cl2N3O2/c1-7(2)19-12-16-11(15)17-13(18-12)20-10-5-4-8(3)6-9(10)14/h4-7H,1-3H3. The van der Waals surface area contributed by atoms with Gasteiger partial charge in [-0.1, -0.05) is 17.7 Å². The van der Waals surface area contributed by atoms with Gasteiger partial charge in [0.1, 0.15) is 5.75 Å². The summed E-state index contributed by atoms with van der Waals surface area (Å²) in [7, 11) is 0. The van der Waals surface area contributed by atoms with Crippen LogP contribution in [0.4, 0.5) is 0 Å². The monoisotopic (exact) mass is 313 g/mol. The lowest BCUT2D eigenvalue weighted by molar-refractivity contribution is 0.218. The molecular weight excluding hydrogens is 301 g/mol. The Bertz CT molecular complexity index is 621. The molecule has 0 amide bonds. The van der Waals surface area contributed by atoms with Gasteiger partial charge < -0.3 is 9.47 Å². The van der Waals surface area contributed by atoms with Crippen molar-refractivity contribution in [3.63, 3.8) is 0 Å². The fraction of sp³-hybridized carbons (Fsp3) is 0.308. The van der Waals surface area contributed by atoms with Gasteiger partial charge in [0.05, 0.1) is 11.1 Å². The molecule has 1 heterocycles. The molecule has 0 spiro atoms. The molecule has 20 heavy (non-hydrogen) atoms. The minimum Gasteiger partial charge on any atom is -0.461 e. The smallest absolute Gasteiger partial charge is 0.329 e. The Balaban J connectivity index is 2.26. The molecule has 1 aromatic carbocycles. The van der Waals surface area contributed by atoms with Gasteiger partial charge in [-0.3, -0.25) is 0 Å². The van der Waals surface area contributed by atoms with E-state index >= 15 is 0 Å². The van der Waals surface area contributed by atoms with E-state index in [1.807, 2.05) is 26.8 Å². The van der Waals surface area contributed by atoms with Crippen LogP contribution >= 0.6 is 23.2 Å². The molecule has 0 atom stereocenters. The van der Waals surface area contributed by atoms with Crippen molar-refractivity contribution in [2.75, 3.05) is 0 Å². The van der Waals surface area contributed by atoms with Crippen molar-refractivity contribution >= 4 is 23.2 Å². The molecule has 0 unspecified atom stereocenters. The van der Waals surface area contributed by atoms with E-state index in [2.05, 4.69) is 15.0 Å². The first-order valence-corrected chi connectivity index (χ1v) is 6.72. The van der Waals surface area contributed by atoms with Gasteiger partial charge in [-0.15, -0.1) is 4.98 Å². The minimum absolute atomic E-state index is 0.00566. The summed E-state index contributed by atoms with van der Waals surface area (Å²) in [6.45, 7) is 5.65. The van der Waals surface area contributed by atoms with Crippen LogP contribution in [0, 0.1) is 6.92 Å². The number of aryl methyl sites for hydroxylation is 1. The molecule has 5 nitrogen and oxygen atoms in total. The van der Waals surface area contributed by atoms with E-state index < -0.39 is 0 Å². The summed E-state index contributed by atoms with van der Waals surface area (Å²) in [5, 5.41) is 0.460. The molecule has 2 aromatic rings. The largest absolute Gasteiger partial charge is 0.461 e. The van der Waals surface area contributed by atoms with Gasteiger partial charge in [0.15, 0.2) is 0 Å². The average Bonchev–Trinajstić information content (AvgIpc) is 2.31. The third-order valence-corrected chi connectivity index (χ3v) is 2.66. The lowest BCUT2D eigenvalue weighted by Crippen LogP contribution is -2.09. The molecule has 0 aliphatic heterocycles. The molecule has 7 heteroatoms. The van der Waals surface area contributed by atoms with Crippen molar-refractivity contribution in [2.45, 2.75) is 26.9 Å². The molecule has 106 valence electrons. The summed E-state index contributed by atoms with van der Waals surface area (Å²) in [5.41, 5.74) is 1.03. The van der Waals surface area contributed by atoms with Crippen LogP contribution < -0.4 is 9.47 Å². The third kappa shape index (κ3) is 3.95. The Morgan fingerprint density at radius 3 is 2.40 bits per heavy atom. The van der Waals surface area contributed by atoms with Crippen molar-refractivity contribution in [2.24, 2.45) is 0 Å². The van der Waals surface area contributed by atoms with Crippen LogP contribution in [0.5, 0.6) is 17.8 Å². The number of aromatic nitrogens is 3. The predicted octanol–water partition coefficient (Wildman–Crippen LogP) is 4.07. The zero-order valence-electron chi connectivity index (χ0n) is 11.2. The maximum Gasteiger partial charge on any atom is 0.329 e. The summed E-state index contributed by atoms with van der Waals surface area (Å²) >= 11 is 11.9. The maximum atomic E-state index is 6.08. The second-order valence-corrected chi connectivity index (χ2v) is 5.12. The van der Waals surface area contributed by atoms with Crippen LogP contribution in [0.3, 0.4) is 0 Å². The van der Waals surface area contributed by atoms with E-state index in [-0.39, 0.29) is 23.4 Å². The van der Waals surface area contributed by atoms with Gasteiger partial charge in [0, 0.05) is 0 Å². The Kier molecular flexibility index (Phi) is 4.62. The molecule has 0 bridgehead atoms. The van der Waals surface area contributed by atoms with Gasteiger partial charge in [0.25, 0.3) is 0 Å². The molecule has 0 radical (unpaired) electrons. The SMILES string of the molecule is Cc1ccc(Oc2nc(Cl)nc(OC(C)C)n2)c(Cl)c1. The Hall–Kier alpha value is -1.59. The normalized spacial score (nSPS) is 10.7. The topological polar surface area (TPSA) is 57.1 Å². The van der Waals surface area contributed by atoms with Crippen molar-refractivity contribution in [3.8, 4) is 17.8 Å². The number of nitrogens with zero attached hydrogens (tertiary/aromatic N) is 3. The van der Waals surface area contributed by atoms with Crippen molar-refractivity contribution < 1.29 is 9.47 Å². The Morgan fingerprint density at radius 2 is 1.75 bits per heavy atom. The highest BCUT2D eigenvalue weighted by atomic mass is 35.5. The van der Waals surface area contributed by atoms with E-state index in [0.717, 1.165) is 5.56 Å². The number of halogens is 2. The third-order valence-electron chi connectivity index (χ3n) is 2.20. The highest BCUT2D eigenvalue weighted by molar-refractivity contribution is 6.32. The lowest BCUT2D eigenvalue weighted by atomic mass is 10.2. The lowest BCUT2D eigenvalue weighted by Gasteiger charge is -2.10. The highest BCUT2D eigenvalue weighted by Crippen LogP contribution is 2.29. The summed E-state index contributed by atoms with van der Waals surface area (Å²) < 4.78 is 10.9. The molecule has 0 N–H and O–H groups in total. The zero-order valence-corrected chi connectivity index (χ0v) is 12.7. The van der Waals surface area contributed by atoms with Crippen molar-refractivity contribution in [3.05, 3.63) is 34.1 Å². The molecule has 2 rings (SSSR count). The number of hydrogen-bond acceptors (Lipinski definition) is 5. The first-order valence-electron chi connectivity index (χ1n) is 5.96. The Labute approximate surface area is 126 Å². The number of benzene rings is 1. The molecule has 1 aromatic heterocycles. The summed E-state index contributed by atoms with van der Waals surface area (Å²) in [5.74, 6) is 0.440. The van der Waals surface area contributed by atoms with E-state index in [1.54, 1.807) is 12.1 Å². The average molecular weight is 314 g/mol. The van der Waals surface area contributed by atoms with E-state index in [4.69, 9.17) is 32.7 Å². The molecule has 0 aliphatic carbocycles. The maximum absolute atomic E-state index is 6.08. The molecule has 0 saturated heterocycles. The molecule has 0 fully saturated rings. The quantitative estimate of drug-likeness (QED) is 0.851. The second-order valence-electron chi connectivity index (χ2n) is 4.37. The van der Waals surface area contributed by atoms with Crippen molar-refractivity contribution in [1.82, 2.24) is 15.0 Å². The van der Waals surface area contributed by atoms with E-state index in [1.165, 1.54) is 0 Å². The number of rotatable bonds is 4. The second kappa shape index (κ2) is 6.24. The van der Waals surface area contributed by atoms with Gasteiger partial charge >= 0.3 is 12.0 Å². The summed E-state index contributed by atoms with van der Waals surface area (Å²) in [6.07, 6.45) is -0.0794. The van der Waals surface area contributed by atoms with Gasteiger partial charge in [-0.05, 0) is 50.1 Å². The Morgan fingerprint density at radius 1 is 1.05 bits per heavy atom. The van der Waals surface area contributed by atoms with Crippen molar-refractivity contribution in [1.29, 1.82) is 0 Å². The van der Waals surface area contributed by atoms with Gasteiger partial charge in [-0.25, -0.2) is 0 Å². The van der Waals surface area contributed by atoms with Crippen LogP contribution in [0.25, 0.3) is 0 Å². The minimum atomic E-state index is -0.0794. The van der Waals surface area contributed by atoms with Crippen LogP contribution in [0.1, 0.15) is 19.4 Å². The first-order chi connectivity index (χ1) is 9.44. The highest BCUT2D eigenvalue weighted by Gasteiger charge is 2.11. The van der Waals surface area contributed by atoms with E-state index in [9.17, 15) is 0 Å². The van der Waals surface area contributed by atoms with E-state index in [0.29, 0.717) is 10.8 Å². The zero-order chi connectivity index (χ0) is 14.7. The molecule has 0 aliphatic rings. The van der Waals surface area contributed by atoms with Gasteiger partial charge in [-0.2, -0.15) is 9.97 Å². The van der Waals surface area contributed by atoms with Gasteiger partial charge in [0.2, 0.25) is 5.28 Å². The summed E-state index contributed by atoms with van der Waals surface area (Å²) in [6, 6.07) is 5.53. The molecule has 0 saturated carbocycles. The van der Waals surface area contributed by atoms with Crippen LogP contribution in [0.2, 0.25) is 10.3 Å².